The molecule has 2 atom stereocenters. The molecule has 0 saturated heterocycles. The lowest BCUT2D eigenvalue weighted by Gasteiger charge is -2.32. The van der Waals surface area contributed by atoms with E-state index in [4.69, 9.17) is 37.4 Å². The number of ether oxygens (including phenoxy) is 3. The lowest BCUT2D eigenvalue weighted by atomic mass is 9.82. The number of aromatic nitrogens is 2. The topological polar surface area (TPSA) is 97.5 Å². The minimum Gasteiger partial charge on any atom is -0.495 e. The van der Waals surface area contributed by atoms with Crippen LogP contribution in [0.1, 0.15) is 63.6 Å². The molecule has 0 spiro atoms. The maximum absolute atomic E-state index is 12.3. The van der Waals surface area contributed by atoms with E-state index in [2.05, 4.69) is 20.8 Å². The highest BCUT2D eigenvalue weighted by molar-refractivity contribution is 6.37. The van der Waals surface area contributed by atoms with Crippen LogP contribution < -0.4 is 20.1 Å². The fourth-order valence-electron chi connectivity index (χ4n) is 4.02. The summed E-state index contributed by atoms with van der Waals surface area (Å²) in [5.41, 5.74) is 1.07. The van der Waals surface area contributed by atoms with Crippen LogP contribution in [0.3, 0.4) is 0 Å². The molecule has 1 aromatic carbocycles. The van der Waals surface area contributed by atoms with E-state index in [-0.39, 0.29) is 12.0 Å². The van der Waals surface area contributed by atoms with Gasteiger partial charge in [0, 0.05) is 41.9 Å². The number of hydrogen-bond acceptors (Lipinski definition) is 6. The zero-order valence-corrected chi connectivity index (χ0v) is 21.2. The Morgan fingerprint density at radius 3 is 2.36 bits per heavy atom. The van der Waals surface area contributed by atoms with Gasteiger partial charge in [0.15, 0.2) is 0 Å². The first-order valence-electron chi connectivity index (χ1n) is 11.0. The molecule has 0 radical (unpaired) electrons. The molecular weight excluding hydrogens is 467 g/mol. The zero-order valence-electron chi connectivity index (χ0n) is 19.7. The van der Waals surface area contributed by atoms with Crippen molar-refractivity contribution in [2.45, 2.75) is 70.6 Å². The van der Waals surface area contributed by atoms with E-state index in [1.807, 2.05) is 26.8 Å². The van der Waals surface area contributed by atoms with Gasteiger partial charge in [0.25, 0.3) is 0 Å². The van der Waals surface area contributed by atoms with E-state index in [1.54, 1.807) is 6.07 Å². The maximum atomic E-state index is 12.3. The molecule has 3 rings (SSSR count). The van der Waals surface area contributed by atoms with Crippen molar-refractivity contribution >= 4 is 35.1 Å². The van der Waals surface area contributed by atoms with E-state index in [9.17, 15) is 4.79 Å². The van der Waals surface area contributed by atoms with Gasteiger partial charge in [-0.1, -0.05) is 36.0 Å². The van der Waals surface area contributed by atoms with Gasteiger partial charge in [-0.3, -0.25) is 5.10 Å². The summed E-state index contributed by atoms with van der Waals surface area (Å²) in [4.78, 5) is 12.3. The number of carbonyl (C=O) groups excluding carboxylic acids is 1. The van der Waals surface area contributed by atoms with Crippen molar-refractivity contribution in [3.05, 3.63) is 33.4 Å². The Morgan fingerprint density at radius 1 is 1.12 bits per heavy atom. The van der Waals surface area contributed by atoms with E-state index < -0.39 is 11.7 Å². The van der Waals surface area contributed by atoms with Gasteiger partial charge in [-0.15, -0.1) is 0 Å². The Kier molecular flexibility index (Phi) is 8.23. The summed E-state index contributed by atoms with van der Waals surface area (Å²) in [6, 6.07) is 3.59. The summed E-state index contributed by atoms with van der Waals surface area (Å²) >= 11 is 12.9. The molecule has 0 bridgehead atoms. The monoisotopic (exact) mass is 498 g/mol. The third-order valence-corrected chi connectivity index (χ3v) is 6.40. The number of rotatable bonds is 7. The molecule has 1 amide bonds. The van der Waals surface area contributed by atoms with Crippen LogP contribution in [0.4, 0.5) is 10.6 Å². The van der Waals surface area contributed by atoms with Crippen LogP contribution in [-0.4, -0.2) is 42.2 Å². The molecule has 1 fully saturated rings. The first-order valence-corrected chi connectivity index (χ1v) is 11.8. The molecule has 1 heterocycles. The molecule has 0 aliphatic heterocycles. The van der Waals surface area contributed by atoms with Crippen molar-refractivity contribution < 1.29 is 19.0 Å². The van der Waals surface area contributed by atoms with Gasteiger partial charge in [0.2, 0.25) is 0 Å². The van der Waals surface area contributed by atoms with Gasteiger partial charge in [-0.25, -0.2) is 4.79 Å². The quantitative estimate of drug-likeness (QED) is 0.439. The second kappa shape index (κ2) is 10.7. The SMILES string of the molecule is COc1cc(OC)c(Cl)c(CNc2cc([C@@H]3CCCC[C@H]3NC(=O)OC(C)(C)C)[nH]n2)c1Cl. The van der Waals surface area contributed by atoms with E-state index in [0.717, 1.165) is 31.4 Å². The minimum absolute atomic E-state index is 0.0200. The first-order chi connectivity index (χ1) is 15.6. The van der Waals surface area contributed by atoms with Crippen molar-refractivity contribution in [3.63, 3.8) is 0 Å². The van der Waals surface area contributed by atoms with Gasteiger partial charge in [-0.2, -0.15) is 5.10 Å². The normalized spacial score (nSPS) is 18.5. The Morgan fingerprint density at radius 2 is 1.76 bits per heavy atom. The Balaban J connectivity index is 1.71. The van der Waals surface area contributed by atoms with Crippen molar-refractivity contribution in [2.24, 2.45) is 0 Å². The van der Waals surface area contributed by atoms with Gasteiger partial charge in [0.05, 0.1) is 24.3 Å². The number of benzene rings is 1. The van der Waals surface area contributed by atoms with E-state index in [0.29, 0.717) is 39.5 Å². The molecule has 2 aromatic rings. The number of hydrogen-bond donors (Lipinski definition) is 3. The maximum Gasteiger partial charge on any atom is 0.407 e. The number of H-pyrrole nitrogens is 1. The second-order valence-electron chi connectivity index (χ2n) is 9.09. The van der Waals surface area contributed by atoms with Gasteiger partial charge >= 0.3 is 6.09 Å². The van der Waals surface area contributed by atoms with E-state index in [1.165, 1.54) is 14.2 Å². The molecule has 10 heteroatoms. The molecule has 182 valence electrons. The predicted octanol–water partition coefficient (Wildman–Crippen LogP) is 5.90. The summed E-state index contributed by atoms with van der Waals surface area (Å²) in [7, 11) is 3.08. The van der Waals surface area contributed by atoms with Crippen molar-refractivity contribution in [1.29, 1.82) is 0 Å². The number of nitrogens with zero attached hydrogens (tertiary/aromatic N) is 1. The number of halogens is 2. The summed E-state index contributed by atoms with van der Waals surface area (Å²) in [6.45, 7) is 5.90. The number of aromatic amines is 1. The first kappa shape index (κ1) is 25.3. The van der Waals surface area contributed by atoms with Gasteiger partial charge in [0.1, 0.15) is 22.9 Å². The molecule has 1 aliphatic rings. The summed E-state index contributed by atoms with van der Waals surface area (Å²) in [5, 5.41) is 14.6. The number of nitrogens with one attached hydrogen (secondary N) is 3. The highest BCUT2D eigenvalue weighted by Crippen LogP contribution is 2.40. The van der Waals surface area contributed by atoms with Crippen molar-refractivity contribution in [1.82, 2.24) is 15.5 Å². The number of alkyl carbamates (subject to hydrolysis) is 1. The fourth-order valence-corrected chi connectivity index (χ4v) is 4.66. The highest BCUT2D eigenvalue weighted by Gasteiger charge is 2.31. The van der Waals surface area contributed by atoms with Crippen molar-refractivity contribution in [3.8, 4) is 11.5 Å². The number of methoxy groups -OCH3 is 2. The van der Waals surface area contributed by atoms with Gasteiger partial charge in [-0.05, 0) is 33.6 Å². The van der Waals surface area contributed by atoms with Crippen LogP contribution in [0.25, 0.3) is 0 Å². The molecule has 8 nitrogen and oxygen atoms in total. The lowest BCUT2D eigenvalue weighted by molar-refractivity contribution is 0.0484. The van der Waals surface area contributed by atoms with Crippen molar-refractivity contribution in [2.75, 3.05) is 19.5 Å². The standard InChI is InChI=1S/C23H32Cl2N4O4/c1-23(2,3)33-22(30)27-15-9-7-6-8-13(15)16-10-19(29-28-16)26-12-14-20(24)17(31-4)11-18(32-5)21(14)25/h10-11,13,15H,6-9,12H2,1-5H3,(H,27,30)(H2,26,28,29)/t13-,15-/m1/s1. The number of amides is 1. The third kappa shape index (κ3) is 6.38. The highest BCUT2D eigenvalue weighted by atomic mass is 35.5. The summed E-state index contributed by atoms with van der Waals surface area (Å²) in [6.07, 6.45) is 3.60. The van der Waals surface area contributed by atoms with Crippen LogP contribution in [-0.2, 0) is 11.3 Å². The number of carbonyl (C=O) groups is 1. The smallest absolute Gasteiger partial charge is 0.407 e. The summed E-state index contributed by atoms with van der Waals surface area (Å²) in [5.74, 6) is 1.74. The molecular formula is C23H32Cl2N4O4. The average Bonchev–Trinajstić information content (AvgIpc) is 3.21. The van der Waals surface area contributed by atoms with Crippen LogP contribution >= 0.6 is 23.2 Å². The lowest BCUT2D eigenvalue weighted by Crippen LogP contribution is -2.43. The average molecular weight is 499 g/mol. The third-order valence-electron chi connectivity index (χ3n) is 5.58. The van der Waals surface area contributed by atoms with Gasteiger partial charge < -0.3 is 24.8 Å². The van der Waals surface area contributed by atoms with Crippen LogP contribution in [0.5, 0.6) is 11.5 Å². The van der Waals surface area contributed by atoms with Crippen LogP contribution in [0, 0.1) is 0 Å². The minimum atomic E-state index is -0.537. The Hall–Kier alpha value is -2.32. The fraction of sp³-hybridized carbons (Fsp3) is 0.565. The molecule has 1 aromatic heterocycles. The molecule has 0 unspecified atom stereocenters. The summed E-state index contributed by atoms with van der Waals surface area (Å²) < 4.78 is 16.1. The molecule has 3 N–H and O–H groups in total. The largest absolute Gasteiger partial charge is 0.495 e. The molecule has 33 heavy (non-hydrogen) atoms. The second-order valence-corrected chi connectivity index (χ2v) is 9.85. The Bertz CT molecular complexity index is 946. The molecule has 1 saturated carbocycles. The molecule has 1 aliphatic carbocycles. The Labute approximate surface area is 204 Å². The van der Waals surface area contributed by atoms with Crippen LogP contribution in [0.15, 0.2) is 12.1 Å². The number of anilines is 1. The van der Waals surface area contributed by atoms with E-state index >= 15 is 0 Å². The zero-order chi connectivity index (χ0) is 24.2. The predicted molar refractivity (Wildman–Crippen MR) is 130 cm³/mol. The van der Waals surface area contributed by atoms with Crippen LogP contribution in [0.2, 0.25) is 10.0 Å².